The van der Waals surface area contributed by atoms with Gasteiger partial charge in [-0.1, -0.05) is 73.5 Å². The Bertz CT molecular complexity index is 1200. The summed E-state index contributed by atoms with van der Waals surface area (Å²) in [5.74, 6) is 1.13. The molecule has 2 amide bonds. The number of nitrogens with zero attached hydrogens (tertiary/aromatic N) is 1. The fraction of sp³-hybridized carbons (Fsp3) is 0.394. The zero-order valence-corrected chi connectivity index (χ0v) is 24.6. The third kappa shape index (κ3) is 9.60. The van der Waals surface area contributed by atoms with Crippen LogP contribution in [0.3, 0.4) is 0 Å². The molecular formula is C33H41ClN2O4. The first-order chi connectivity index (χ1) is 19.4. The highest BCUT2D eigenvalue weighted by molar-refractivity contribution is 6.30. The number of nitrogens with one attached hydrogen (secondary N) is 1. The largest absolute Gasteiger partial charge is 0.490 e. The van der Waals surface area contributed by atoms with E-state index in [4.69, 9.17) is 21.1 Å². The molecule has 3 aromatic carbocycles. The Morgan fingerprint density at radius 2 is 1.52 bits per heavy atom. The molecule has 0 aliphatic rings. The van der Waals surface area contributed by atoms with Gasteiger partial charge in [0.15, 0.2) is 11.5 Å². The van der Waals surface area contributed by atoms with Gasteiger partial charge in [0.2, 0.25) is 11.8 Å². The number of rotatable bonds is 16. The van der Waals surface area contributed by atoms with Crippen LogP contribution in [0.4, 0.5) is 0 Å². The second kappa shape index (κ2) is 16.6. The first kappa shape index (κ1) is 31.0. The minimum atomic E-state index is -0.651. The van der Waals surface area contributed by atoms with E-state index in [0.29, 0.717) is 55.7 Å². The molecule has 40 heavy (non-hydrogen) atoms. The summed E-state index contributed by atoms with van der Waals surface area (Å²) < 4.78 is 11.5. The van der Waals surface area contributed by atoms with Crippen LogP contribution in [0.25, 0.3) is 0 Å². The highest BCUT2D eigenvalue weighted by atomic mass is 35.5. The van der Waals surface area contributed by atoms with Crippen molar-refractivity contribution in [3.05, 3.63) is 94.5 Å². The predicted molar refractivity (Wildman–Crippen MR) is 161 cm³/mol. The minimum Gasteiger partial charge on any atom is -0.490 e. The van der Waals surface area contributed by atoms with Crippen molar-refractivity contribution in [1.29, 1.82) is 0 Å². The highest BCUT2D eigenvalue weighted by Crippen LogP contribution is 2.29. The average Bonchev–Trinajstić information content (AvgIpc) is 2.96. The number of carbonyl (C=O) groups is 2. The van der Waals surface area contributed by atoms with Gasteiger partial charge < -0.3 is 19.7 Å². The number of benzene rings is 3. The number of ether oxygens (including phenoxy) is 2. The van der Waals surface area contributed by atoms with Gasteiger partial charge in [0.05, 0.1) is 13.2 Å². The lowest BCUT2D eigenvalue weighted by molar-refractivity contribution is -0.141. The Morgan fingerprint density at radius 1 is 0.850 bits per heavy atom. The van der Waals surface area contributed by atoms with Gasteiger partial charge in [-0.25, -0.2) is 0 Å². The highest BCUT2D eigenvalue weighted by Gasteiger charge is 2.30. The van der Waals surface area contributed by atoms with Crippen LogP contribution in [0.2, 0.25) is 5.02 Å². The molecule has 0 heterocycles. The zero-order valence-electron chi connectivity index (χ0n) is 23.8. The molecule has 3 rings (SSSR count). The summed E-state index contributed by atoms with van der Waals surface area (Å²) in [4.78, 5) is 29.2. The van der Waals surface area contributed by atoms with Crippen molar-refractivity contribution in [3.8, 4) is 11.5 Å². The third-order valence-electron chi connectivity index (χ3n) is 6.60. The fourth-order valence-electron chi connectivity index (χ4n) is 4.49. The Kier molecular flexibility index (Phi) is 12.8. The lowest BCUT2D eigenvalue weighted by Gasteiger charge is -2.32. The lowest BCUT2D eigenvalue weighted by atomic mass is 10.0. The van der Waals surface area contributed by atoms with Crippen LogP contribution in [-0.2, 0) is 29.0 Å². The summed E-state index contributed by atoms with van der Waals surface area (Å²) in [6.07, 6.45) is 3.05. The molecular weight excluding hydrogens is 524 g/mol. The van der Waals surface area contributed by atoms with E-state index in [0.717, 1.165) is 29.5 Å². The maximum Gasteiger partial charge on any atom is 0.243 e. The molecule has 0 aromatic heterocycles. The predicted octanol–water partition coefficient (Wildman–Crippen LogP) is 6.63. The number of halogens is 1. The van der Waals surface area contributed by atoms with Gasteiger partial charge in [-0.15, -0.1) is 0 Å². The molecule has 3 aromatic rings. The fourth-order valence-corrected chi connectivity index (χ4v) is 4.62. The van der Waals surface area contributed by atoms with Gasteiger partial charge in [-0.3, -0.25) is 9.59 Å². The standard InChI is InChI=1S/C33H41ClN2O4/c1-4-7-21-35-33(38)29(22-25-11-9-8-10-12-25)36(24-27-13-17-28(34)18-14-27)32(37)20-16-26-15-19-30(39-5-2)31(23-26)40-6-3/h8-15,17-19,23,29H,4-7,16,20-22,24H2,1-3H3,(H,35,38)/t29-/m1/s1. The van der Waals surface area contributed by atoms with Gasteiger partial charge in [0.25, 0.3) is 0 Å². The summed E-state index contributed by atoms with van der Waals surface area (Å²) in [6.45, 7) is 7.90. The molecule has 7 heteroatoms. The Labute approximate surface area is 243 Å². The number of carbonyl (C=O) groups excluding carboxylic acids is 2. The molecule has 1 atom stereocenters. The normalized spacial score (nSPS) is 11.5. The molecule has 0 fully saturated rings. The number of unbranched alkanes of at least 4 members (excludes halogenated alkanes) is 1. The molecule has 0 aliphatic heterocycles. The Morgan fingerprint density at radius 3 is 2.20 bits per heavy atom. The Hall–Kier alpha value is -3.51. The van der Waals surface area contributed by atoms with E-state index in [1.807, 2.05) is 86.6 Å². The second-order valence-electron chi connectivity index (χ2n) is 9.65. The van der Waals surface area contributed by atoms with Crippen molar-refractivity contribution in [1.82, 2.24) is 10.2 Å². The molecule has 0 saturated heterocycles. The van der Waals surface area contributed by atoms with E-state index in [1.165, 1.54) is 0 Å². The number of hydrogen-bond donors (Lipinski definition) is 1. The molecule has 1 N–H and O–H groups in total. The van der Waals surface area contributed by atoms with Gasteiger partial charge in [0.1, 0.15) is 6.04 Å². The van der Waals surface area contributed by atoms with E-state index < -0.39 is 6.04 Å². The van der Waals surface area contributed by atoms with Crippen LogP contribution >= 0.6 is 11.6 Å². The number of aryl methyl sites for hydroxylation is 1. The van der Waals surface area contributed by atoms with Crippen molar-refractivity contribution in [2.45, 2.75) is 65.5 Å². The van der Waals surface area contributed by atoms with Crippen LogP contribution in [0.15, 0.2) is 72.8 Å². The first-order valence-corrected chi connectivity index (χ1v) is 14.6. The molecule has 0 unspecified atom stereocenters. The average molecular weight is 565 g/mol. The van der Waals surface area contributed by atoms with Crippen molar-refractivity contribution in [2.24, 2.45) is 0 Å². The molecule has 0 bridgehead atoms. The van der Waals surface area contributed by atoms with E-state index in [9.17, 15) is 9.59 Å². The SMILES string of the molecule is CCCCNC(=O)[C@@H](Cc1ccccc1)N(Cc1ccc(Cl)cc1)C(=O)CCc1ccc(OCC)c(OCC)c1. The van der Waals surface area contributed by atoms with E-state index >= 15 is 0 Å². The zero-order chi connectivity index (χ0) is 28.7. The van der Waals surface area contributed by atoms with Crippen LogP contribution in [0, 0.1) is 0 Å². The molecule has 0 saturated carbocycles. The molecule has 0 spiro atoms. The van der Waals surface area contributed by atoms with Crippen molar-refractivity contribution in [2.75, 3.05) is 19.8 Å². The van der Waals surface area contributed by atoms with E-state index in [2.05, 4.69) is 12.2 Å². The van der Waals surface area contributed by atoms with Crippen molar-refractivity contribution < 1.29 is 19.1 Å². The Balaban J connectivity index is 1.87. The number of hydrogen-bond acceptors (Lipinski definition) is 4. The molecule has 6 nitrogen and oxygen atoms in total. The van der Waals surface area contributed by atoms with Gasteiger partial charge >= 0.3 is 0 Å². The molecule has 214 valence electrons. The monoisotopic (exact) mass is 564 g/mol. The summed E-state index contributed by atoms with van der Waals surface area (Å²) >= 11 is 6.12. The summed E-state index contributed by atoms with van der Waals surface area (Å²) in [7, 11) is 0. The number of amides is 2. The van der Waals surface area contributed by atoms with Gasteiger partial charge in [-0.2, -0.15) is 0 Å². The van der Waals surface area contributed by atoms with Crippen molar-refractivity contribution >= 4 is 23.4 Å². The molecule has 0 radical (unpaired) electrons. The van der Waals surface area contributed by atoms with Crippen LogP contribution in [0.5, 0.6) is 11.5 Å². The van der Waals surface area contributed by atoms with Crippen LogP contribution in [0.1, 0.15) is 56.7 Å². The second-order valence-corrected chi connectivity index (χ2v) is 10.1. The summed E-state index contributed by atoms with van der Waals surface area (Å²) in [5.41, 5.74) is 2.88. The van der Waals surface area contributed by atoms with Gasteiger partial charge in [-0.05, 0) is 67.6 Å². The third-order valence-corrected chi connectivity index (χ3v) is 6.85. The maximum absolute atomic E-state index is 13.9. The first-order valence-electron chi connectivity index (χ1n) is 14.2. The maximum atomic E-state index is 13.9. The van der Waals surface area contributed by atoms with Crippen LogP contribution in [-0.4, -0.2) is 42.5 Å². The minimum absolute atomic E-state index is 0.0895. The molecule has 0 aliphatic carbocycles. The summed E-state index contributed by atoms with van der Waals surface area (Å²) in [5, 5.41) is 3.69. The topological polar surface area (TPSA) is 67.9 Å². The van der Waals surface area contributed by atoms with E-state index in [-0.39, 0.29) is 18.2 Å². The summed E-state index contributed by atoms with van der Waals surface area (Å²) in [6, 6.07) is 22.4. The smallest absolute Gasteiger partial charge is 0.243 e. The quantitative estimate of drug-likeness (QED) is 0.198. The van der Waals surface area contributed by atoms with Gasteiger partial charge in [0, 0.05) is 31.0 Å². The van der Waals surface area contributed by atoms with Crippen molar-refractivity contribution in [3.63, 3.8) is 0 Å². The van der Waals surface area contributed by atoms with Crippen LogP contribution < -0.4 is 14.8 Å². The van der Waals surface area contributed by atoms with E-state index in [1.54, 1.807) is 4.90 Å². The lowest BCUT2D eigenvalue weighted by Crippen LogP contribution is -2.50.